The molecule has 11 heavy (non-hydrogen) atoms. The third kappa shape index (κ3) is 3.08. The van der Waals surface area contributed by atoms with Gasteiger partial charge in [-0.25, -0.2) is 0 Å². The molecule has 3 heteroatoms. The average Bonchev–Trinajstić information content (AvgIpc) is 2.04. The molecule has 0 spiro atoms. The Morgan fingerprint density at radius 1 is 1.27 bits per heavy atom. The van der Waals surface area contributed by atoms with Crippen LogP contribution in [-0.2, 0) is 6.42 Å². The maximum atomic E-state index is 8.96. The highest BCUT2D eigenvalue weighted by atomic mass is 33.1. The van der Waals surface area contributed by atoms with Gasteiger partial charge >= 0.3 is 0 Å². The van der Waals surface area contributed by atoms with Crippen LogP contribution in [0.5, 0.6) is 5.75 Å². The first-order valence-electron chi connectivity index (χ1n) is 3.37. The smallest absolute Gasteiger partial charge is 0.115 e. The molecule has 1 aromatic carbocycles. The van der Waals surface area contributed by atoms with Crippen LogP contribution in [0.3, 0.4) is 0 Å². The van der Waals surface area contributed by atoms with Crippen LogP contribution in [0.15, 0.2) is 24.3 Å². The molecule has 1 aromatic rings. The first-order chi connectivity index (χ1) is 5.33. The Hall–Kier alpha value is -0.280. The molecule has 0 heterocycles. The van der Waals surface area contributed by atoms with Crippen LogP contribution in [0.25, 0.3) is 0 Å². The van der Waals surface area contributed by atoms with E-state index >= 15 is 0 Å². The lowest BCUT2D eigenvalue weighted by molar-refractivity contribution is 0.475. The normalized spacial score (nSPS) is 9.91. The summed E-state index contributed by atoms with van der Waals surface area (Å²) >= 11 is 4.04. The molecule has 0 aliphatic heterocycles. The maximum absolute atomic E-state index is 8.96. The minimum atomic E-state index is 0.326. The summed E-state index contributed by atoms with van der Waals surface area (Å²) in [7, 11) is 1.53. The SMILES string of the molecule is Oc1ccc(CCSS)cc1. The highest BCUT2D eigenvalue weighted by Crippen LogP contribution is 2.13. The molecular formula is C8H10OS2. The predicted molar refractivity (Wildman–Crippen MR) is 53.3 cm³/mol. The van der Waals surface area contributed by atoms with E-state index in [0.29, 0.717) is 5.75 Å². The fourth-order valence-electron chi connectivity index (χ4n) is 0.826. The van der Waals surface area contributed by atoms with Crippen molar-refractivity contribution in [2.24, 2.45) is 0 Å². The third-order valence-corrected chi connectivity index (χ3v) is 2.35. The second-order valence-electron chi connectivity index (χ2n) is 2.25. The molecule has 0 bridgehead atoms. The topological polar surface area (TPSA) is 20.2 Å². The van der Waals surface area contributed by atoms with Crippen molar-refractivity contribution >= 4 is 22.5 Å². The lowest BCUT2D eigenvalue weighted by atomic mass is 10.2. The highest BCUT2D eigenvalue weighted by Gasteiger charge is 1.91. The zero-order valence-corrected chi connectivity index (χ0v) is 7.74. The molecule has 0 saturated carbocycles. The fourth-order valence-corrected chi connectivity index (χ4v) is 1.43. The number of aryl methyl sites for hydroxylation is 1. The minimum Gasteiger partial charge on any atom is -0.508 e. The van der Waals surface area contributed by atoms with Crippen molar-refractivity contribution < 1.29 is 5.11 Å². The van der Waals surface area contributed by atoms with Gasteiger partial charge in [0, 0.05) is 5.75 Å². The molecule has 0 radical (unpaired) electrons. The molecule has 0 aliphatic rings. The summed E-state index contributed by atoms with van der Waals surface area (Å²) in [5.41, 5.74) is 1.24. The highest BCUT2D eigenvalue weighted by molar-refractivity contribution is 8.68. The van der Waals surface area contributed by atoms with Crippen LogP contribution in [0, 0.1) is 0 Å². The van der Waals surface area contributed by atoms with E-state index < -0.39 is 0 Å². The zero-order chi connectivity index (χ0) is 8.10. The van der Waals surface area contributed by atoms with Crippen molar-refractivity contribution in [1.82, 2.24) is 0 Å². The number of phenolic OH excluding ortho intramolecular Hbond substituents is 1. The van der Waals surface area contributed by atoms with Gasteiger partial charge in [-0.1, -0.05) is 22.9 Å². The molecule has 0 atom stereocenters. The molecule has 0 amide bonds. The van der Waals surface area contributed by atoms with Crippen LogP contribution in [-0.4, -0.2) is 10.9 Å². The summed E-state index contributed by atoms with van der Waals surface area (Å²) in [5.74, 6) is 1.33. The molecule has 1 nitrogen and oxygen atoms in total. The molecule has 0 saturated heterocycles. The molecule has 60 valence electrons. The summed E-state index contributed by atoms with van der Waals surface area (Å²) in [4.78, 5) is 0. The summed E-state index contributed by atoms with van der Waals surface area (Å²) in [6, 6.07) is 7.27. The first kappa shape index (κ1) is 8.81. The second kappa shape index (κ2) is 4.57. The van der Waals surface area contributed by atoms with E-state index in [-0.39, 0.29) is 0 Å². The van der Waals surface area contributed by atoms with Crippen molar-refractivity contribution in [1.29, 1.82) is 0 Å². The van der Waals surface area contributed by atoms with Gasteiger partial charge < -0.3 is 5.11 Å². The van der Waals surface area contributed by atoms with Crippen molar-refractivity contribution in [2.75, 3.05) is 5.75 Å². The van der Waals surface area contributed by atoms with Crippen LogP contribution in [0.2, 0.25) is 0 Å². The first-order valence-corrected chi connectivity index (χ1v) is 5.41. The van der Waals surface area contributed by atoms with Crippen molar-refractivity contribution in [3.63, 3.8) is 0 Å². The van der Waals surface area contributed by atoms with Gasteiger partial charge in [-0.3, -0.25) is 0 Å². The van der Waals surface area contributed by atoms with Crippen molar-refractivity contribution in [2.45, 2.75) is 6.42 Å². The lowest BCUT2D eigenvalue weighted by Gasteiger charge is -1.97. The van der Waals surface area contributed by atoms with E-state index in [0.717, 1.165) is 12.2 Å². The second-order valence-corrected chi connectivity index (χ2v) is 3.69. The quantitative estimate of drug-likeness (QED) is 0.559. The summed E-state index contributed by atoms with van der Waals surface area (Å²) in [6.45, 7) is 0. The monoisotopic (exact) mass is 186 g/mol. The summed E-state index contributed by atoms with van der Waals surface area (Å²) in [6.07, 6.45) is 1.01. The largest absolute Gasteiger partial charge is 0.508 e. The minimum absolute atomic E-state index is 0.326. The molecule has 1 N–H and O–H groups in total. The van der Waals surface area contributed by atoms with Gasteiger partial charge in [0.25, 0.3) is 0 Å². The molecule has 0 aliphatic carbocycles. The predicted octanol–water partition coefficient (Wildman–Crippen LogP) is 2.51. The molecular weight excluding hydrogens is 176 g/mol. The van der Waals surface area contributed by atoms with Crippen LogP contribution >= 0.6 is 22.5 Å². The zero-order valence-electron chi connectivity index (χ0n) is 6.03. The summed E-state index contributed by atoms with van der Waals surface area (Å²) < 4.78 is 0. The number of hydrogen-bond donors (Lipinski definition) is 2. The van der Waals surface area contributed by atoms with Gasteiger partial charge in [0.15, 0.2) is 0 Å². The van der Waals surface area contributed by atoms with Crippen molar-refractivity contribution in [3.8, 4) is 5.75 Å². The molecule has 0 aromatic heterocycles. The molecule has 0 unspecified atom stereocenters. The third-order valence-electron chi connectivity index (χ3n) is 1.42. The number of aromatic hydroxyl groups is 1. The summed E-state index contributed by atoms with van der Waals surface area (Å²) in [5, 5.41) is 8.96. The fraction of sp³-hybridized carbons (Fsp3) is 0.250. The lowest BCUT2D eigenvalue weighted by Crippen LogP contribution is -1.84. The van der Waals surface area contributed by atoms with E-state index in [1.54, 1.807) is 12.1 Å². The van der Waals surface area contributed by atoms with Crippen molar-refractivity contribution in [3.05, 3.63) is 29.8 Å². The molecule has 1 rings (SSSR count). The van der Waals surface area contributed by atoms with Gasteiger partial charge in [-0.2, -0.15) is 0 Å². The van der Waals surface area contributed by atoms with Crippen LogP contribution in [0.4, 0.5) is 0 Å². The Kier molecular flexibility index (Phi) is 3.66. The van der Waals surface area contributed by atoms with Crippen LogP contribution in [0.1, 0.15) is 5.56 Å². The number of benzene rings is 1. The van der Waals surface area contributed by atoms with Gasteiger partial charge in [-0.15, -0.1) is 11.7 Å². The van der Waals surface area contributed by atoms with Crippen LogP contribution < -0.4 is 0 Å². The Morgan fingerprint density at radius 2 is 1.91 bits per heavy atom. The van der Waals surface area contributed by atoms with Gasteiger partial charge in [0.2, 0.25) is 0 Å². The van der Waals surface area contributed by atoms with E-state index in [1.807, 2.05) is 12.1 Å². The number of rotatable bonds is 3. The van der Waals surface area contributed by atoms with E-state index in [9.17, 15) is 0 Å². The average molecular weight is 186 g/mol. The standard InChI is InChI=1S/C8H10OS2/c9-8-3-1-7(2-4-8)5-6-11-10/h1-4,9-10H,5-6H2. The Balaban J connectivity index is 2.52. The van der Waals surface area contributed by atoms with Gasteiger partial charge in [0.1, 0.15) is 5.75 Å². The van der Waals surface area contributed by atoms with E-state index in [4.69, 9.17) is 5.11 Å². The van der Waals surface area contributed by atoms with Gasteiger partial charge in [-0.05, 0) is 24.1 Å². The maximum Gasteiger partial charge on any atom is 0.115 e. The Morgan fingerprint density at radius 3 is 2.45 bits per heavy atom. The molecule has 0 fully saturated rings. The number of hydrogen-bond acceptors (Lipinski definition) is 3. The Labute approximate surface area is 75.6 Å². The van der Waals surface area contributed by atoms with E-state index in [1.165, 1.54) is 16.4 Å². The van der Waals surface area contributed by atoms with Gasteiger partial charge in [0.05, 0.1) is 0 Å². The number of thiol groups is 1. The van der Waals surface area contributed by atoms with E-state index in [2.05, 4.69) is 11.7 Å². The number of phenols is 1. The Bertz CT molecular complexity index is 208.